The molecule has 1 saturated heterocycles. The van der Waals surface area contributed by atoms with Crippen LogP contribution in [0.25, 0.3) is 0 Å². The lowest BCUT2D eigenvalue weighted by Gasteiger charge is -2.42. The minimum absolute atomic E-state index is 0.0145. The average molecular weight is 234 g/mol. The van der Waals surface area contributed by atoms with Crippen LogP contribution in [-0.4, -0.2) is 47.9 Å². The van der Waals surface area contributed by atoms with Gasteiger partial charge in [-0.1, -0.05) is 13.7 Å². The lowest BCUT2D eigenvalue weighted by molar-refractivity contribution is -0.193. The molecule has 1 fully saturated rings. The Kier molecular flexibility index (Phi) is 5.00. The van der Waals surface area contributed by atoms with Gasteiger partial charge in [0.2, 0.25) is 0 Å². The Hall–Kier alpha value is 0.335. The van der Waals surface area contributed by atoms with Crippen molar-refractivity contribution in [3.8, 4) is 0 Å². The molecule has 1 aliphatic rings. The monoisotopic (exact) mass is 234 g/mol. The van der Waals surface area contributed by atoms with E-state index in [2.05, 4.69) is 9.12 Å². The first-order valence-corrected chi connectivity index (χ1v) is 5.99. The first-order chi connectivity index (χ1) is 6.97. The fourth-order valence-electron chi connectivity index (χ4n) is 1.87. The normalized spacial score (nSPS) is 41.6. The molecule has 0 aromatic heterocycles. The first kappa shape index (κ1) is 13.4. The van der Waals surface area contributed by atoms with Crippen LogP contribution in [0.1, 0.15) is 13.8 Å². The second kappa shape index (κ2) is 5.60. The van der Waals surface area contributed by atoms with Gasteiger partial charge in [-0.05, 0) is 6.92 Å². The molecule has 1 rings (SSSR count). The summed E-state index contributed by atoms with van der Waals surface area (Å²) in [5.41, 5.74) is 0. The second-order valence-corrected chi connectivity index (χ2v) is 5.16. The Balaban J connectivity index is 2.70. The molecular weight excluding hydrogens is 214 g/mol. The zero-order valence-corrected chi connectivity index (χ0v) is 10.6. The van der Waals surface area contributed by atoms with E-state index < -0.39 is 12.2 Å². The summed E-state index contributed by atoms with van der Waals surface area (Å²) in [5.74, 6) is 0.116. The molecule has 1 heterocycles. The molecule has 88 valence electrons. The smallest absolute Gasteiger partial charge is 0.312 e. The van der Waals surface area contributed by atoms with Gasteiger partial charge in [0.1, 0.15) is 12.2 Å². The molecule has 0 saturated carbocycles. The predicted molar refractivity (Wildman–Crippen MR) is 62.8 cm³/mol. The second-order valence-electron chi connectivity index (χ2n) is 4.22. The summed E-state index contributed by atoms with van der Waals surface area (Å²) >= 11 is 0. The molecule has 0 aromatic rings. The van der Waals surface area contributed by atoms with Crippen molar-refractivity contribution >= 4 is 15.8 Å². The van der Waals surface area contributed by atoms with Gasteiger partial charge in [0, 0.05) is 5.92 Å². The summed E-state index contributed by atoms with van der Waals surface area (Å²) in [5, 5.41) is 19.0. The highest BCUT2D eigenvalue weighted by atomic mass is 31.0. The average Bonchev–Trinajstić information content (AvgIpc) is 2.18. The van der Waals surface area contributed by atoms with Gasteiger partial charge < -0.3 is 19.6 Å². The van der Waals surface area contributed by atoms with Gasteiger partial charge >= 0.3 is 6.64 Å². The molecule has 6 heteroatoms. The van der Waals surface area contributed by atoms with Gasteiger partial charge in [0.25, 0.3) is 0 Å². The maximum absolute atomic E-state index is 9.95. The largest absolute Gasteiger partial charge is 0.426 e. The van der Waals surface area contributed by atoms with Crippen LogP contribution >= 0.6 is 9.12 Å². The van der Waals surface area contributed by atoms with E-state index in [9.17, 15) is 5.11 Å². The fourth-order valence-corrected chi connectivity index (χ4v) is 2.05. The Morgan fingerprint density at radius 3 is 2.53 bits per heavy atom. The fraction of sp³-hybridized carbons (Fsp3) is 1.00. The number of aliphatic hydroxyl groups is 2. The molecule has 3 unspecified atom stereocenters. The van der Waals surface area contributed by atoms with Gasteiger partial charge in [-0.3, -0.25) is 0 Å². The van der Waals surface area contributed by atoms with E-state index in [1.807, 2.05) is 20.7 Å². The molecule has 1 aliphatic heterocycles. The predicted octanol–water partition coefficient (Wildman–Crippen LogP) is 0.141. The summed E-state index contributed by atoms with van der Waals surface area (Å²) in [6, 6.07) is 0. The zero-order valence-electron chi connectivity index (χ0n) is 9.46. The van der Waals surface area contributed by atoms with E-state index in [1.54, 1.807) is 0 Å². The molecule has 4 nitrogen and oxygen atoms in total. The van der Waals surface area contributed by atoms with E-state index >= 15 is 0 Å². The van der Waals surface area contributed by atoms with Crippen molar-refractivity contribution in [2.75, 3.05) is 6.61 Å². The van der Waals surface area contributed by atoms with Crippen LogP contribution in [0.4, 0.5) is 0 Å². The molecule has 15 heavy (non-hydrogen) atoms. The number of aliphatic hydroxyl groups excluding tert-OH is 2. The van der Waals surface area contributed by atoms with Crippen LogP contribution in [0.5, 0.6) is 0 Å². The third-order valence-corrected chi connectivity index (χ3v) is 3.07. The third kappa shape index (κ3) is 3.14. The van der Waals surface area contributed by atoms with Gasteiger partial charge in [-0.15, -0.1) is 9.12 Å². The standard InChI is InChI=1S/C9H20BO4P/c1-5-6(2)13-7(4-11)8(12)9(5)14-10(3)15/h5-9,11-12H,4,15H2,1-3H3/t5?,6-,7?,8-,9-/m1/s1. The molecule has 0 spiro atoms. The molecule has 0 radical (unpaired) electrons. The van der Waals surface area contributed by atoms with E-state index in [-0.39, 0.29) is 31.4 Å². The SMILES string of the molecule is CB(P)O[C@@H]1C(C)[C@@H](C)OC(CO)[C@H]1O. The van der Waals surface area contributed by atoms with Gasteiger partial charge in [-0.25, -0.2) is 0 Å². The van der Waals surface area contributed by atoms with Crippen molar-refractivity contribution in [3.05, 3.63) is 0 Å². The van der Waals surface area contributed by atoms with Crippen molar-refractivity contribution in [1.82, 2.24) is 0 Å². The Morgan fingerprint density at radius 2 is 2.07 bits per heavy atom. The highest BCUT2D eigenvalue weighted by Crippen LogP contribution is 2.28. The molecule has 0 amide bonds. The number of ether oxygens (including phenoxy) is 1. The van der Waals surface area contributed by atoms with Gasteiger partial charge in [0.05, 0.1) is 18.8 Å². The maximum Gasteiger partial charge on any atom is 0.312 e. The summed E-state index contributed by atoms with van der Waals surface area (Å²) in [7, 11) is 2.54. The quantitative estimate of drug-likeness (QED) is 0.538. The van der Waals surface area contributed by atoms with Crippen LogP contribution in [-0.2, 0) is 9.39 Å². The van der Waals surface area contributed by atoms with Gasteiger partial charge in [-0.2, -0.15) is 0 Å². The molecular formula is C9H20BO4P. The topological polar surface area (TPSA) is 58.9 Å². The van der Waals surface area contributed by atoms with Crippen molar-refractivity contribution in [3.63, 3.8) is 0 Å². The summed E-state index contributed by atoms with van der Waals surface area (Å²) in [6.07, 6.45) is -1.59. The molecule has 0 aromatic carbocycles. The zero-order chi connectivity index (χ0) is 11.6. The van der Waals surface area contributed by atoms with Crippen LogP contribution in [0, 0.1) is 5.92 Å². The van der Waals surface area contributed by atoms with Crippen LogP contribution in [0.3, 0.4) is 0 Å². The summed E-state index contributed by atoms with van der Waals surface area (Å²) < 4.78 is 11.1. The molecule has 0 bridgehead atoms. The highest BCUT2D eigenvalue weighted by molar-refractivity contribution is 7.60. The number of hydrogen-bond donors (Lipinski definition) is 2. The summed E-state index contributed by atoms with van der Waals surface area (Å²) in [6.45, 7) is 5.63. The molecule has 0 aliphatic carbocycles. The lowest BCUT2D eigenvalue weighted by Crippen LogP contribution is -2.55. The van der Waals surface area contributed by atoms with Crippen molar-refractivity contribution in [1.29, 1.82) is 0 Å². The van der Waals surface area contributed by atoms with Crippen molar-refractivity contribution < 1.29 is 19.6 Å². The van der Waals surface area contributed by atoms with Crippen LogP contribution < -0.4 is 0 Å². The van der Waals surface area contributed by atoms with Crippen LogP contribution in [0.2, 0.25) is 6.82 Å². The number of hydrogen-bond acceptors (Lipinski definition) is 4. The minimum atomic E-state index is -0.760. The maximum atomic E-state index is 9.95. The highest BCUT2D eigenvalue weighted by Gasteiger charge is 2.41. The van der Waals surface area contributed by atoms with Crippen molar-refractivity contribution in [2.24, 2.45) is 5.92 Å². The molecule has 2 N–H and O–H groups in total. The lowest BCUT2D eigenvalue weighted by atomic mass is 9.87. The van der Waals surface area contributed by atoms with Crippen LogP contribution in [0.15, 0.2) is 0 Å². The Bertz CT molecular complexity index is 205. The van der Waals surface area contributed by atoms with Gasteiger partial charge in [0.15, 0.2) is 0 Å². The van der Waals surface area contributed by atoms with E-state index in [0.29, 0.717) is 0 Å². The van der Waals surface area contributed by atoms with E-state index in [0.717, 1.165) is 0 Å². The Morgan fingerprint density at radius 1 is 1.47 bits per heavy atom. The third-order valence-electron chi connectivity index (χ3n) is 2.92. The van der Waals surface area contributed by atoms with E-state index in [4.69, 9.17) is 14.5 Å². The first-order valence-electron chi connectivity index (χ1n) is 5.32. The van der Waals surface area contributed by atoms with E-state index in [1.165, 1.54) is 0 Å². The number of rotatable bonds is 3. The molecule has 6 atom stereocenters. The minimum Gasteiger partial charge on any atom is -0.426 e. The Labute approximate surface area is 93.6 Å². The summed E-state index contributed by atoms with van der Waals surface area (Å²) in [4.78, 5) is 0. The van der Waals surface area contributed by atoms with Crippen molar-refractivity contribution in [2.45, 2.75) is 45.1 Å².